The molecule has 4 heteroatoms. The normalized spacial score (nSPS) is 10.7. The lowest BCUT2D eigenvalue weighted by Gasteiger charge is -2.08. The lowest BCUT2D eigenvalue weighted by atomic mass is 10.0. The van der Waals surface area contributed by atoms with Gasteiger partial charge >= 0.3 is 0 Å². The Labute approximate surface area is 116 Å². The minimum atomic E-state index is -0.243. The molecule has 2 aromatic rings. The van der Waals surface area contributed by atoms with Crippen LogP contribution in [0.25, 0.3) is 11.1 Å². The molecular formula is C14H12Cl2FN. The van der Waals surface area contributed by atoms with E-state index in [1.165, 1.54) is 6.07 Å². The monoisotopic (exact) mass is 283 g/mol. The third-order valence-electron chi connectivity index (χ3n) is 2.66. The summed E-state index contributed by atoms with van der Waals surface area (Å²) in [7, 11) is 1.78. The van der Waals surface area contributed by atoms with Gasteiger partial charge in [-0.2, -0.15) is 0 Å². The summed E-state index contributed by atoms with van der Waals surface area (Å²) in [5.74, 6) is -0.243. The Balaban J connectivity index is 2.42. The minimum absolute atomic E-state index is 0.243. The first-order valence-corrected chi connectivity index (χ1v) is 6.26. The molecule has 0 amide bonds. The van der Waals surface area contributed by atoms with Crippen LogP contribution in [0.4, 0.5) is 4.39 Å². The van der Waals surface area contributed by atoms with E-state index in [1.54, 1.807) is 31.3 Å². The van der Waals surface area contributed by atoms with Gasteiger partial charge in [0, 0.05) is 27.7 Å². The molecule has 0 fully saturated rings. The van der Waals surface area contributed by atoms with Crippen LogP contribution < -0.4 is 5.32 Å². The van der Waals surface area contributed by atoms with Crippen molar-refractivity contribution in [3.8, 4) is 11.1 Å². The molecule has 0 aliphatic carbocycles. The summed E-state index contributed by atoms with van der Waals surface area (Å²) in [4.78, 5) is 0. The molecule has 0 spiro atoms. The van der Waals surface area contributed by atoms with E-state index in [-0.39, 0.29) is 5.82 Å². The largest absolute Gasteiger partial charge is 0.316 e. The third kappa shape index (κ3) is 2.83. The molecule has 0 heterocycles. The van der Waals surface area contributed by atoms with Crippen LogP contribution in [0.15, 0.2) is 36.4 Å². The van der Waals surface area contributed by atoms with Gasteiger partial charge < -0.3 is 5.32 Å². The van der Waals surface area contributed by atoms with E-state index >= 15 is 0 Å². The molecule has 2 aromatic carbocycles. The van der Waals surface area contributed by atoms with E-state index in [1.807, 2.05) is 6.07 Å². The Hall–Kier alpha value is -1.09. The van der Waals surface area contributed by atoms with Gasteiger partial charge in [-0.3, -0.25) is 0 Å². The first-order chi connectivity index (χ1) is 8.61. The highest BCUT2D eigenvalue weighted by Crippen LogP contribution is 2.31. The fourth-order valence-corrected chi connectivity index (χ4v) is 2.29. The molecule has 0 bridgehead atoms. The predicted octanol–water partition coefficient (Wildman–Crippen LogP) is 4.52. The van der Waals surface area contributed by atoms with Gasteiger partial charge in [0.1, 0.15) is 5.82 Å². The van der Waals surface area contributed by atoms with Crippen LogP contribution in [-0.2, 0) is 6.54 Å². The van der Waals surface area contributed by atoms with Crippen molar-refractivity contribution in [2.24, 2.45) is 0 Å². The van der Waals surface area contributed by atoms with Gasteiger partial charge in [-0.05, 0) is 30.8 Å². The number of halogens is 3. The molecule has 1 nitrogen and oxygen atoms in total. The summed E-state index contributed by atoms with van der Waals surface area (Å²) in [6.07, 6.45) is 0. The molecular weight excluding hydrogens is 272 g/mol. The van der Waals surface area contributed by atoms with Crippen LogP contribution in [0, 0.1) is 5.82 Å². The Kier molecular flexibility index (Phi) is 4.23. The average Bonchev–Trinajstić information content (AvgIpc) is 2.32. The van der Waals surface area contributed by atoms with Crippen molar-refractivity contribution in [3.05, 3.63) is 57.8 Å². The minimum Gasteiger partial charge on any atom is -0.316 e. The van der Waals surface area contributed by atoms with E-state index < -0.39 is 0 Å². The van der Waals surface area contributed by atoms with E-state index in [2.05, 4.69) is 5.32 Å². The lowest BCUT2D eigenvalue weighted by Crippen LogP contribution is -2.06. The van der Waals surface area contributed by atoms with Crippen LogP contribution in [0.2, 0.25) is 10.0 Å². The van der Waals surface area contributed by atoms with Gasteiger partial charge in [0.25, 0.3) is 0 Å². The molecule has 0 aliphatic heterocycles. The lowest BCUT2D eigenvalue weighted by molar-refractivity contribution is 0.601. The van der Waals surface area contributed by atoms with Crippen molar-refractivity contribution in [2.75, 3.05) is 7.05 Å². The molecule has 2 rings (SSSR count). The molecule has 0 aliphatic rings. The van der Waals surface area contributed by atoms with Crippen LogP contribution in [0.3, 0.4) is 0 Å². The topological polar surface area (TPSA) is 12.0 Å². The van der Waals surface area contributed by atoms with Crippen LogP contribution >= 0.6 is 23.2 Å². The zero-order valence-corrected chi connectivity index (χ0v) is 11.3. The molecule has 0 saturated heterocycles. The Morgan fingerprint density at radius 1 is 1.11 bits per heavy atom. The number of benzene rings is 2. The van der Waals surface area contributed by atoms with Crippen molar-refractivity contribution in [3.63, 3.8) is 0 Å². The van der Waals surface area contributed by atoms with Crippen molar-refractivity contribution >= 4 is 23.2 Å². The summed E-state index contributed by atoms with van der Waals surface area (Å²) in [6, 6.07) is 10.3. The number of rotatable bonds is 3. The summed E-state index contributed by atoms with van der Waals surface area (Å²) in [5.41, 5.74) is 2.15. The molecule has 0 saturated carbocycles. The van der Waals surface area contributed by atoms with E-state index in [9.17, 15) is 4.39 Å². The molecule has 0 atom stereocenters. The summed E-state index contributed by atoms with van der Waals surface area (Å²) < 4.78 is 13.8. The van der Waals surface area contributed by atoms with Gasteiger partial charge in [0.15, 0.2) is 0 Å². The zero-order valence-electron chi connectivity index (χ0n) is 9.81. The van der Waals surface area contributed by atoms with Crippen molar-refractivity contribution in [1.29, 1.82) is 0 Å². The highest BCUT2D eigenvalue weighted by molar-refractivity contribution is 6.36. The average molecular weight is 284 g/mol. The Bertz CT molecular complexity index is 570. The van der Waals surface area contributed by atoms with Crippen LogP contribution in [0.5, 0.6) is 0 Å². The second-order valence-corrected chi connectivity index (χ2v) is 4.80. The Morgan fingerprint density at radius 3 is 2.50 bits per heavy atom. The van der Waals surface area contributed by atoms with Gasteiger partial charge in [-0.1, -0.05) is 41.4 Å². The fourth-order valence-electron chi connectivity index (χ4n) is 1.77. The van der Waals surface area contributed by atoms with E-state index in [0.717, 1.165) is 11.1 Å². The van der Waals surface area contributed by atoms with E-state index in [4.69, 9.17) is 23.2 Å². The van der Waals surface area contributed by atoms with Gasteiger partial charge in [-0.25, -0.2) is 4.39 Å². The molecule has 0 radical (unpaired) electrons. The summed E-state index contributed by atoms with van der Waals surface area (Å²) in [5, 5.41) is 4.00. The quantitative estimate of drug-likeness (QED) is 0.873. The first kappa shape index (κ1) is 13.3. The fraction of sp³-hybridized carbons (Fsp3) is 0.143. The van der Waals surface area contributed by atoms with Crippen molar-refractivity contribution in [1.82, 2.24) is 5.32 Å². The highest BCUT2D eigenvalue weighted by Gasteiger charge is 2.08. The summed E-state index contributed by atoms with van der Waals surface area (Å²) >= 11 is 11.9. The molecule has 1 N–H and O–H groups in total. The molecule has 0 unspecified atom stereocenters. The number of hydrogen-bond donors (Lipinski definition) is 1. The standard InChI is InChI=1S/C14H12Cl2FN/c1-18-8-10-3-2-9(6-14(10)17)12-5-4-11(15)7-13(12)16/h2-7,18H,8H2,1H3. The van der Waals surface area contributed by atoms with Gasteiger partial charge in [-0.15, -0.1) is 0 Å². The van der Waals surface area contributed by atoms with Crippen molar-refractivity contribution < 1.29 is 4.39 Å². The smallest absolute Gasteiger partial charge is 0.128 e. The second-order valence-electron chi connectivity index (χ2n) is 3.96. The van der Waals surface area contributed by atoms with Crippen LogP contribution in [-0.4, -0.2) is 7.05 Å². The highest BCUT2D eigenvalue weighted by atomic mass is 35.5. The maximum atomic E-state index is 13.8. The zero-order chi connectivity index (χ0) is 13.1. The predicted molar refractivity (Wildman–Crippen MR) is 74.6 cm³/mol. The molecule has 0 aromatic heterocycles. The molecule has 18 heavy (non-hydrogen) atoms. The van der Waals surface area contributed by atoms with Gasteiger partial charge in [0.05, 0.1) is 0 Å². The molecule has 94 valence electrons. The van der Waals surface area contributed by atoms with Crippen LogP contribution in [0.1, 0.15) is 5.56 Å². The van der Waals surface area contributed by atoms with E-state index in [0.29, 0.717) is 22.2 Å². The SMILES string of the molecule is CNCc1ccc(-c2ccc(Cl)cc2Cl)cc1F. The number of hydrogen-bond acceptors (Lipinski definition) is 1. The maximum Gasteiger partial charge on any atom is 0.128 e. The summed E-state index contributed by atoms with van der Waals surface area (Å²) in [6.45, 7) is 0.500. The first-order valence-electron chi connectivity index (χ1n) is 5.50. The number of nitrogens with one attached hydrogen (secondary N) is 1. The second kappa shape index (κ2) is 5.70. The van der Waals surface area contributed by atoms with Crippen molar-refractivity contribution in [2.45, 2.75) is 6.54 Å². The maximum absolute atomic E-state index is 13.8. The van der Waals surface area contributed by atoms with Gasteiger partial charge in [0.2, 0.25) is 0 Å². The third-order valence-corrected chi connectivity index (χ3v) is 3.21. The Morgan fingerprint density at radius 2 is 1.89 bits per heavy atom.